The lowest BCUT2D eigenvalue weighted by molar-refractivity contribution is -0.384. The molecule has 0 aliphatic heterocycles. The summed E-state index contributed by atoms with van der Waals surface area (Å²) in [5.41, 5.74) is 20.4. The fraction of sp³-hybridized carbons (Fsp3) is 0.250. The van der Waals surface area contributed by atoms with Crippen molar-refractivity contribution in [3.05, 3.63) is 56.0 Å². The zero-order chi connectivity index (χ0) is 17.6. The van der Waals surface area contributed by atoms with Crippen molar-refractivity contribution in [2.75, 3.05) is 17.2 Å². The van der Waals surface area contributed by atoms with Gasteiger partial charge in [-0.15, -0.1) is 0 Å². The molecular weight excluding hydrogens is 360 g/mol. The summed E-state index contributed by atoms with van der Waals surface area (Å²) in [7, 11) is 0. The molecule has 0 aliphatic rings. The van der Waals surface area contributed by atoms with Gasteiger partial charge in [-0.25, -0.2) is 0 Å². The van der Waals surface area contributed by atoms with Crippen LogP contribution in [0.4, 0.5) is 22.7 Å². The van der Waals surface area contributed by atoms with Gasteiger partial charge in [-0.05, 0) is 36.1 Å². The number of nitrogen functional groups attached to an aromatic ring is 3. The van der Waals surface area contributed by atoms with Gasteiger partial charge in [-0.1, -0.05) is 41.9 Å². The van der Waals surface area contributed by atoms with E-state index in [9.17, 15) is 10.1 Å². The molecule has 0 saturated heterocycles. The summed E-state index contributed by atoms with van der Waals surface area (Å²) in [4.78, 5) is 10.1. The van der Waals surface area contributed by atoms with Gasteiger partial charge in [-0.3, -0.25) is 10.1 Å². The van der Waals surface area contributed by atoms with Gasteiger partial charge < -0.3 is 17.2 Å². The number of nitro benzene ring substituents is 1. The Morgan fingerprint density at radius 2 is 1.65 bits per heavy atom. The van der Waals surface area contributed by atoms with Gasteiger partial charge in [0.2, 0.25) is 0 Å². The van der Waals surface area contributed by atoms with E-state index in [0.717, 1.165) is 23.2 Å². The zero-order valence-electron chi connectivity index (χ0n) is 13.2. The minimum Gasteiger partial charge on any atom is -0.397 e. The van der Waals surface area contributed by atoms with E-state index in [0.29, 0.717) is 16.6 Å². The number of halogens is 1. The van der Waals surface area contributed by atoms with Crippen molar-refractivity contribution >= 4 is 38.7 Å². The molecule has 124 valence electrons. The minimum atomic E-state index is -0.473. The first-order valence-corrected chi connectivity index (χ1v) is 7.96. The number of nitro groups is 1. The van der Waals surface area contributed by atoms with Crippen molar-refractivity contribution in [1.29, 1.82) is 0 Å². The number of rotatable bonds is 3. The molecular formula is C16H21BrN4O2. The highest BCUT2D eigenvalue weighted by Crippen LogP contribution is 2.29. The average Bonchev–Trinajstić information content (AvgIpc) is 2.52. The van der Waals surface area contributed by atoms with E-state index in [2.05, 4.69) is 22.9 Å². The van der Waals surface area contributed by atoms with Crippen molar-refractivity contribution in [2.45, 2.75) is 26.7 Å². The van der Waals surface area contributed by atoms with Crippen LogP contribution in [0.15, 0.2) is 34.8 Å². The standard InChI is InChI=1S/C8H9BrN2O2.C8H12N2/c1-2-5-3-6(9)4-7(8(5)10)11(12)13;1-2-6-4-3-5-7(9)8(6)10/h3-4H,2,10H2,1H3;3-5H,2,9-10H2,1H3. The predicted molar refractivity (Wildman–Crippen MR) is 99.2 cm³/mol. The number of benzene rings is 2. The summed E-state index contributed by atoms with van der Waals surface area (Å²) in [5, 5.41) is 10.5. The number of nitrogens with zero attached hydrogens (tertiary/aromatic N) is 1. The maximum Gasteiger partial charge on any atom is 0.293 e. The van der Waals surface area contributed by atoms with Crippen molar-refractivity contribution in [1.82, 2.24) is 0 Å². The molecule has 0 radical (unpaired) electrons. The molecule has 2 rings (SSSR count). The van der Waals surface area contributed by atoms with E-state index < -0.39 is 4.92 Å². The molecule has 0 aliphatic carbocycles. The summed E-state index contributed by atoms with van der Waals surface area (Å²) < 4.78 is 0.685. The molecule has 0 fully saturated rings. The Hall–Kier alpha value is -2.28. The van der Waals surface area contributed by atoms with Crippen LogP contribution in [0.2, 0.25) is 0 Å². The Morgan fingerprint density at radius 3 is 2.13 bits per heavy atom. The number of para-hydroxylation sites is 1. The van der Waals surface area contributed by atoms with Crippen LogP contribution in [0, 0.1) is 10.1 Å². The predicted octanol–water partition coefficient (Wildman–Crippen LogP) is 3.92. The highest BCUT2D eigenvalue weighted by Gasteiger charge is 2.15. The smallest absolute Gasteiger partial charge is 0.293 e. The van der Waals surface area contributed by atoms with Crippen molar-refractivity contribution < 1.29 is 4.92 Å². The third-order valence-electron chi connectivity index (χ3n) is 3.40. The number of hydrogen-bond donors (Lipinski definition) is 3. The third-order valence-corrected chi connectivity index (χ3v) is 3.86. The average molecular weight is 381 g/mol. The second-order valence-corrected chi connectivity index (χ2v) is 5.80. The molecule has 6 nitrogen and oxygen atoms in total. The van der Waals surface area contributed by atoms with Crippen LogP contribution >= 0.6 is 15.9 Å². The monoisotopic (exact) mass is 380 g/mol. The van der Waals surface area contributed by atoms with Crippen LogP contribution in [0.3, 0.4) is 0 Å². The van der Waals surface area contributed by atoms with Gasteiger partial charge in [0.15, 0.2) is 0 Å². The molecule has 0 amide bonds. The Bertz CT molecular complexity index is 705. The minimum absolute atomic E-state index is 0.0359. The van der Waals surface area contributed by atoms with Gasteiger partial charge in [0, 0.05) is 10.5 Å². The van der Waals surface area contributed by atoms with Crippen molar-refractivity contribution in [3.63, 3.8) is 0 Å². The Balaban J connectivity index is 0.000000238. The van der Waals surface area contributed by atoms with Crippen LogP contribution in [0.25, 0.3) is 0 Å². The summed E-state index contributed by atoms with van der Waals surface area (Å²) in [5.74, 6) is 0. The lowest BCUT2D eigenvalue weighted by Gasteiger charge is -2.03. The Kier molecular flexibility index (Phi) is 6.84. The quantitative estimate of drug-likeness (QED) is 0.423. The summed E-state index contributed by atoms with van der Waals surface area (Å²) >= 11 is 3.20. The van der Waals surface area contributed by atoms with Gasteiger partial charge in [-0.2, -0.15) is 0 Å². The maximum absolute atomic E-state index is 10.5. The SMILES string of the molecule is CCc1cc(Br)cc([N+](=O)[O-])c1N.CCc1cccc(N)c1N. The number of nitrogens with two attached hydrogens (primary N) is 3. The number of aryl methyl sites for hydroxylation is 2. The second kappa shape index (κ2) is 8.38. The molecule has 0 aromatic heterocycles. The van der Waals surface area contributed by atoms with Crippen molar-refractivity contribution in [3.8, 4) is 0 Å². The van der Waals surface area contributed by atoms with E-state index >= 15 is 0 Å². The first kappa shape index (κ1) is 18.8. The van der Waals surface area contributed by atoms with E-state index in [1.54, 1.807) is 6.07 Å². The third kappa shape index (κ3) is 4.85. The van der Waals surface area contributed by atoms with Crippen LogP contribution in [-0.2, 0) is 12.8 Å². The summed E-state index contributed by atoms with van der Waals surface area (Å²) in [6.07, 6.45) is 1.63. The van der Waals surface area contributed by atoms with Crippen LogP contribution in [-0.4, -0.2) is 4.92 Å². The lowest BCUT2D eigenvalue weighted by atomic mass is 10.1. The molecule has 0 spiro atoms. The molecule has 2 aromatic rings. The number of hydrogen-bond acceptors (Lipinski definition) is 5. The normalized spacial score (nSPS) is 9.87. The van der Waals surface area contributed by atoms with E-state index in [-0.39, 0.29) is 11.4 Å². The van der Waals surface area contributed by atoms with Crippen LogP contribution in [0.1, 0.15) is 25.0 Å². The molecule has 7 heteroatoms. The van der Waals surface area contributed by atoms with E-state index in [1.165, 1.54) is 6.07 Å². The fourth-order valence-corrected chi connectivity index (χ4v) is 2.54. The Morgan fingerprint density at radius 1 is 1.04 bits per heavy atom. The van der Waals surface area contributed by atoms with Gasteiger partial charge in [0.1, 0.15) is 5.69 Å². The molecule has 0 unspecified atom stereocenters. The maximum atomic E-state index is 10.5. The van der Waals surface area contributed by atoms with E-state index in [1.807, 2.05) is 25.1 Å². The fourth-order valence-electron chi connectivity index (χ4n) is 2.04. The van der Waals surface area contributed by atoms with Crippen molar-refractivity contribution in [2.24, 2.45) is 0 Å². The molecule has 0 bridgehead atoms. The largest absolute Gasteiger partial charge is 0.397 e. The first-order chi connectivity index (χ1) is 10.8. The topological polar surface area (TPSA) is 121 Å². The number of anilines is 3. The second-order valence-electron chi connectivity index (χ2n) is 4.88. The van der Waals surface area contributed by atoms with Crippen LogP contribution < -0.4 is 17.2 Å². The highest BCUT2D eigenvalue weighted by molar-refractivity contribution is 9.10. The summed E-state index contributed by atoms with van der Waals surface area (Å²) in [6.45, 7) is 3.97. The lowest BCUT2D eigenvalue weighted by Crippen LogP contribution is -1.99. The van der Waals surface area contributed by atoms with Gasteiger partial charge >= 0.3 is 0 Å². The summed E-state index contributed by atoms with van der Waals surface area (Å²) in [6, 6.07) is 8.93. The molecule has 6 N–H and O–H groups in total. The molecule has 0 saturated carbocycles. The first-order valence-electron chi connectivity index (χ1n) is 7.16. The van der Waals surface area contributed by atoms with Gasteiger partial charge in [0.05, 0.1) is 16.3 Å². The molecule has 2 aromatic carbocycles. The van der Waals surface area contributed by atoms with Crippen LogP contribution in [0.5, 0.6) is 0 Å². The Labute approximate surface area is 143 Å². The zero-order valence-corrected chi connectivity index (χ0v) is 14.8. The highest BCUT2D eigenvalue weighted by atomic mass is 79.9. The van der Waals surface area contributed by atoms with E-state index in [4.69, 9.17) is 17.2 Å². The molecule has 0 atom stereocenters. The van der Waals surface area contributed by atoms with Gasteiger partial charge in [0.25, 0.3) is 5.69 Å². The molecule has 23 heavy (non-hydrogen) atoms. The molecule has 0 heterocycles.